The number of benzene rings is 1. The number of carbonyl (C=O) groups is 1. The summed E-state index contributed by atoms with van der Waals surface area (Å²) in [5, 5.41) is 8.81. The van der Waals surface area contributed by atoms with Gasteiger partial charge in [-0.1, -0.05) is 32.0 Å². The van der Waals surface area contributed by atoms with E-state index in [4.69, 9.17) is 0 Å². The zero-order valence-electron chi connectivity index (χ0n) is 13.4. The highest BCUT2D eigenvalue weighted by Crippen LogP contribution is 2.22. The molecular formula is C17H22N4O. The molecule has 2 heterocycles. The predicted molar refractivity (Wildman–Crippen MR) is 84.9 cm³/mol. The third-order valence-electron chi connectivity index (χ3n) is 4.13. The van der Waals surface area contributed by atoms with Crippen LogP contribution in [-0.4, -0.2) is 38.9 Å². The van der Waals surface area contributed by atoms with Gasteiger partial charge in [0, 0.05) is 13.1 Å². The van der Waals surface area contributed by atoms with Crippen molar-refractivity contribution >= 4 is 5.91 Å². The second-order valence-electron chi connectivity index (χ2n) is 6.42. The van der Waals surface area contributed by atoms with Crippen molar-refractivity contribution in [3.05, 3.63) is 41.7 Å². The molecule has 116 valence electrons. The molecule has 0 aliphatic carbocycles. The molecule has 1 aliphatic rings. The Hall–Kier alpha value is -2.17. The molecule has 5 heteroatoms. The van der Waals surface area contributed by atoms with Gasteiger partial charge in [0.05, 0.1) is 11.4 Å². The first kappa shape index (κ1) is 14.8. The van der Waals surface area contributed by atoms with Crippen molar-refractivity contribution in [1.29, 1.82) is 0 Å². The van der Waals surface area contributed by atoms with E-state index in [-0.39, 0.29) is 5.91 Å². The molecule has 0 unspecified atom stereocenters. The second kappa shape index (κ2) is 5.91. The number of nitrogens with zero attached hydrogens (tertiary/aromatic N) is 4. The Bertz CT molecular complexity index is 655. The fraction of sp³-hybridized carbons (Fsp3) is 0.471. The van der Waals surface area contributed by atoms with Crippen LogP contribution in [0.25, 0.3) is 5.69 Å². The quantitative estimate of drug-likeness (QED) is 0.856. The summed E-state index contributed by atoms with van der Waals surface area (Å²) in [7, 11) is 0. The summed E-state index contributed by atoms with van der Waals surface area (Å²) < 4.78 is 0. The van der Waals surface area contributed by atoms with Crippen LogP contribution in [0.5, 0.6) is 0 Å². The molecule has 1 aromatic carbocycles. The third kappa shape index (κ3) is 2.89. The van der Waals surface area contributed by atoms with Gasteiger partial charge < -0.3 is 4.90 Å². The molecule has 22 heavy (non-hydrogen) atoms. The van der Waals surface area contributed by atoms with Crippen LogP contribution in [0.2, 0.25) is 0 Å². The summed E-state index contributed by atoms with van der Waals surface area (Å²) in [6, 6.07) is 9.67. The standard InChI is InChI=1S/C17H22N4O/c1-12-9-13(2)11-20(10-12)17(22)16-14(3)18-21(19-16)15-7-5-4-6-8-15/h4-8,12-13H,9-11H2,1-3H3/t12-,13-/m1/s1. The smallest absolute Gasteiger partial charge is 0.276 e. The van der Waals surface area contributed by atoms with Gasteiger partial charge in [-0.05, 0) is 37.3 Å². The van der Waals surface area contributed by atoms with E-state index in [1.807, 2.05) is 42.2 Å². The number of piperidine rings is 1. The van der Waals surface area contributed by atoms with Crippen molar-refractivity contribution in [2.75, 3.05) is 13.1 Å². The Kier molecular flexibility index (Phi) is 3.96. The van der Waals surface area contributed by atoms with Crippen LogP contribution in [0.3, 0.4) is 0 Å². The zero-order chi connectivity index (χ0) is 15.7. The van der Waals surface area contributed by atoms with Crippen LogP contribution >= 0.6 is 0 Å². The largest absolute Gasteiger partial charge is 0.337 e. The fourth-order valence-electron chi connectivity index (χ4n) is 3.23. The molecule has 2 atom stereocenters. The molecule has 0 N–H and O–H groups in total. The van der Waals surface area contributed by atoms with E-state index >= 15 is 0 Å². The maximum Gasteiger partial charge on any atom is 0.276 e. The second-order valence-corrected chi connectivity index (χ2v) is 6.42. The SMILES string of the molecule is Cc1nn(-c2ccccc2)nc1C(=O)N1C[C@H](C)C[C@@H](C)C1. The number of aromatic nitrogens is 3. The molecule has 3 rings (SSSR count). The molecule has 1 fully saturated rings. The summed E-state index contributed by atoms with van der Waals surface area (Å²) in [4.78, 5) is 16.2. The lowest BCUT2D eigenvalue weighted by atomic mass is 9.92. The number of likely N-dealkylation sites (tertiary alicyclic amines) is 1. The fourth-order valence-corrected chi connectivity index (χ4v) is 3.23. The molecule has 0 spiro atoms. The van der Waals surface area contributed by atoms with Crippen molar-refractivity contribution in [3.63, 3.8) is 0 Å². The Balaban J connectivity index is 1.86. The molecule has 0 bridgehead atoms. The van der Waals surface area contributed by atoms with Gasteiger partial charge in [0.15, 0.2) is 5.69 Å². The first-order valence-electron chi connectivity index (χ1n) is 7.83. The van der Waals surface area contributed by atoms with E-state index in [1.54, 1.807) is 4.80 Å². The van der Waals surface area contributed by atoms with Crippen LogP contribution in [0.4, 0.5) is 0 Å². The molecular weight excluding hydrogens is 276 g/mol. The summed E-state index contributed by atoms with van der Waals surface area (Å²) in [6.07, 6.45) is 1.18. The molecule has 1 amide bonds. The number of hydrogen-bond donors (Lipinski definition) is 0. The first-order valence-corrected chi connectivity index (χ1v) is 7.83. The highest BCUT2D eigenvalue weighted by molar-refractivity contribution is 5.93. The molecule has 5 nitrogen and oxygen atoms in total. The maximum absolute atomic E-state index is 12.8. The number of hydrogen-bond acceptors (Lipinski definition) is 3. The van der Waals surface area contributed by atoms with Gasteiger partial charge in [0.1, 0.15) is 0 Å². The first-order chi connectivity index (χ1) is 10.5. The average Bonchev–Trinajstić information content (AvgIpc) is 2.88. The predicted octanol–water partition coefficient (Wildman–Crippen LogP) is 2.69. The topological polar surface area (TPSA) is 51.0 Å². The number of amides is 1. The monoisotopic (exact) mass is 298 g/mol. The Morgan fingerprint density at radius 2 is 1.73 bits per heavy atom. The van der Waals surface area contributed by atoms with Crippen LogP contribution in [0.15, 0.2) is 30.3 Å². The van der Waals surface area contributed by atoms with E-state index < -0.39 is 0 Å². The Morgan fingerprint density at radius 1 is 1.09 bits per heavy atom. The van der Waals surface area contributed by atoms with Crippen LogP contribution in [0, 0.1) is 18.8 Å². The normalized spacial score (nSPS) is 21.9. The van der Waals surface area contributed by atoms with E-state index in [2.05, 4.69) is 24.0 Å². The molecule has 0 radical (unpaired) electrons. The van der Waals surface area contributed by atoms with Gasteiger partial charge in [0.2, 0.25) is 0 Å². The minimum Gasteiger partial charge on any atom is -0.337 e. The van der Waals surface area contributed by atoms with Crippen molar-refractivity contribution in [3.8, 4) is 5.69 Å². The van der Waals surface area contributed by atoms with Gasteiger partial charge in [-0.25, -0.2) is 0 Å². The lowest BCUT2D eigenvalue weighted by Crippen LogP contribution is -2.43. The Morgan fingerprint density at radius 3 is 2.36 bits per heavy atom. The molecule has 1 aromatic heterocycles. The number of para-hydroxylation sites is 1. The summed E-state index contributed by atoms with van der Waals surface area (Å²) in [5.74, 6) is 1.08. The number of rotatable bonds is 2. The Labute approximate surface area is 130 Å². The summed E-state index contributed by atoms with van der Waals surface area (Å²) in [6.45, 7) is 7.85. The van der Waals surface area contributed by atoms with Gasteiger partial charge in [-0.15, -0.1) is 5.10 Å². The third-order valence-corrected chi connectivity index (χ3v) is 4.13. The lowest BCUT2D eigenvalue weighted by Gasteiger charge is -2.34. The highest BCUT2D eigenvalue weighted by atomic mass is 16.2. The molecule has 0 saturated carbocycles. The lowest BCUT2D eigenvalue weighted by molar-refractivity contribution is 0.0616. The average molecular weight is 298 g/mol. The molecule has 1 aliphatic heterocycles. The van der Waals surface area contributed by atoms with Gasteiger partial charge in [-0.2, -0.15) is 9.90 Å². The maximum atomic E-state index is 12.8. The number of aryl methyl sites for hydroxylation is 1. The van der Waals surface area contributed by atoms with Crippen LogP contribution < -0.4 is 0 Å². The van der Waals surface area contributed by atoms with Gasteiger partial charge in [-0.3, -0.25) is 4.79 Å². The van der Waals surface area contributed by atoms with E-state index in [0.717, 1.165) is 18.8 Å². The van der Waals surface area contributed by atoms with Gasteiger partial charge >= 0.3 is 0 Å². The summed E-state index contributed by atoms with van der Waals surface area (Å²) >= 11 is 0. The van der Waals surface area contributed by atoms with Crippen molar-refractivity contribution < 1.29 is 4.79 Å². The number of carbonyl (C=O) groups excluding carboxylic acids is 1. The summed E-state index contributed by atoms with van der Waals surface area (Å²) in [5.41, 5.74) is 2.01. The van der Waals surface area contributed by atoms with Crippen molar-refractivity contribution in [1.82, 2.24) is 19.9 Å². The minimum atomic E-state index is -0.00178. The molecule has 1 saturated heterocycles. The van der Waals surface area contributed by atoms with Crippen molar-refractivity contribution in [2.24, 2.45) is 11.8 Å². The van der Waals surface area contributed by atoms with Crippen molar-refractivity contribution in [2.45, 2.75) is 27.2 Å². The van der Waals surface area contributed by atoms with Crippen LogP contribution in [-0.2, 0) is 0 Å². The zero-order valence-corrected chi connectivity index (χ0v) is 13.4. The van der Waals surface area contributed by atoms with E-state index in [1.165, 1.54) is 6.42 Å². The molecule has 2 aromatic rings. The minimum absolute atomic E-state index is 0.00178. The van der Waals surface area contributed by atoms with Crippen LogP contribution in [0.1, 0.15) is 36.5 Å². The van der Waals surface area contributed by atoms with E-state index in [9.17, 15) is 4.79 Å². The highest BCUT2D eigenvalue weighted by Gasteiger charge is 2.29. The van der Waals surface area contributed by atoms with E-state index in [0.29, 0.717) is 23.2 Å². The van der Waals surface area contributed by atoms with Gasteiger partial charge in [0.25, 0.3) is 5.91 Å².